The molecule has 14 heavy (non-hydrogen) atoms. The van der Waals surface area contributed by atoms with Gasteiger partial charge in [-0.15, -0.1) is 0 Å². The highest BCUT2D eigenvalue weighted by Crippen LogP contribution is 2.22. The standard InChI is InChI=1S/C11H12BrClO/c1-7(2)11(14)5-8-3-4-9(12)6-10(8)13/h3-4,6-7H,5H2,1-2H3. The molecule has 0 unspecified atom stereocenters. The predicted molar refractivity (Wildman–Crippen MR) is 62.7 cm³/mol. The number of benzene rings is 1. The first-order valence-corrected chi connectivity index (χ1v) is 5.64. The zero-order chi connectivity index (χ0) is 10.7. The second-order valence-corrected chi connectivity index (χ2v) is 4.86. The molecule has 0 N–H and O–H groups in total. The van der Waals surface area contributed by atoms with E-state index in [0.717, 1.165) is 10.0 Å². The van der Waals surface area contributed by atoms with Crippen LogP contribution in [0.2, 0.25) is 5.02 Å². The lowest BCUT2D eigenvalue weighted by Crippen LogP contribution is -2.10. The fourth-order valence-corrected chi connectivity index (χ4v) is 1.80. The third-order valence-electron chi connectivity index (χ3n) is 2.02. The summed E-state index contributed by atoms with van der Waals surface area (Å²) < 4.78 is 0.934. The summed E-state index contributed by atoms with van der Waals surface area (Å²) in [5.41, 5.74) is 0.897. The van der Waals surface area contributed by atoms with Gasteiger partial charge in [-0.1, -0.05) is 47.4 Å². The number of hydrogen-bond donors (Lipinski definition) is 0. The molecule has 0 spiro atoms. The van der Waals surface area contributed by atoms with Crippen molar-refractivity contribution < 1.29 is 4.79 Å². The lowest BCUT2D eigenvalue weighted by atomic mass is 10.0. The first-order chi connectivity index (χ1) is 6.50. The van der Waals surface area contributed by atoms with Gasteiger partial charge in [0.05, 0.1) is 0 Å². The summed E-state index contributed by atoms with van der Waals surface area (Å²) in [6.07, 6.45) is 0.420. The van der Waals surface area contributed by atoms with Crippen molar-refractivity contribution in [2.24, 2.45) is 5.92 Å². The zero-order valence-corrected chi connectivity index (χ0v) is 10.5. The summed E-state index contributed by atoms with van der Waals surface area (Å²) in [5.74, 6) is 0.281. The Labute approximate surface area is 97.6 Å². The summed E-state index contributed by atoms with van der Waals surface area (Å²) >= 11 is 9.32. The van der Waals surface area contributed by atoms with E-state index in [-0.39, 0.29) is 11.7 Å². The molecule has 1 aromatic rings. The fourth-order valence-electron chi connectivity index (χ4n) is 1.06. The molecule has 0 heterocycles. The first kappa shape index (κ1) is 11.7. The maximum absolute atomic E-state index is 11.5. The van der Waals surface area contributed by atoms with Crippen LogP contribution in [-0.2, 0) is 11.2 Å². The largest absolute Gasteiger partial charge is 0.299 e. The Morgan fingerprint density at radius 3 is 2.64 bits per heavy atom. The number of halogens is 2. The van der Waals surface area contributed by atoms with E-state index in [0.29, 0.717) is 11.4 Å². The minimum absolute atomic E-state index is 0.0645. The van der Waals surface area contributed by atoms with Gasteiger partial charge in [0.25, 0.3) is 0 Å². The fraction of sp³-hybridized carbons (Fsp3) is 0.364. The van der Waals surface area contributed by atoms with Crippen molar-refractivity contribution in [1.82, 2.24) is 0 Å². The monoisotopic (exact) mass is 274 g/mol. The molecule has 0 aromatic heterocycles. The molecular formula is C11H12BrClO. The van der Waals surface area contributed by atoms with Crippen LogP contribution < -0.4 is 0 Å². The SMILES string of the molecule is CC(C)C(=O)Cc1ccc(Br)cc1Cl. The molecule has 0 amide bonds. The van der Waals surface area contributed by atoms with Gasteiger partial charge in [-0.2, -0.15) is 0 Å². The number of carbonyl (C=O) groups is 1. The van der Waals surface area contributed by atoms with Crippen LogP contribution in [0, 0.1) is 5.92 Å². The van der Waals surface area contributed by atoms with Crippen molar-refractivity contribution in [2.45, 2.75) is 20.3 Å². The summed E-state index contributed by atoms with van der Waals surface area (Å²) in [7, 11) is 0. The highest BCUT2D eigenvalue weighted by atomic mass is 79.9. The van der Waals surface area contributed by atoms with Crippen molar-refractivity contribution >= 4 is 33.3 Å². The normalized spacial score (nSPS) is 10.6. The van der Waals surface area contributed by atoms with E-state index < -0.39 is 0 Å². The molecule has 0 radical (unpaired) electrons. The van der Waals surface area contributed by atoms with E-state index in [4.69, 9.17) is 11.6 Å². The maximum atomic E-state index is 11.5. The summed E-state index contributed by atoms with van der Waals surface area (Å²) in [5, 5.41) is 0.647. The molecule has 0 bridgehead atoms. The Hall–Kier alpha value is -0.340. The average molecular weight is 276 g/mol. The second-order valence-electron chi connectivity index (χ2n) is 3.53. The van der Waals surface area contributed by atoms with Crippen molar-refractivity contribution in [3.8, 4) is 0 Å². The second kappa shape index (κ2) is 4.94. The molecule has 0 aliphatic carbocycles. The number of rotatable bonds is 3. The third kappa shape index (κ3) is 3.10. The Kier molecular flexibility index (Phi) is 4.14. The van der Waals surface area contributed by atoms with Gasteiger partial charge < -0.3 is 0 Å². The van der Waals surface area contributed by atoms with Crippen LogP contribution in [0.4, 0.5) is 0 Å². The number of hydrogen-bond acceptors (Lipinski definition) is 1. The van der Waals surface area contributed by atoms with Crippen molar-refractivity contribution in [2.75, 3.05) is 0 Å². The van der Waals surface area contributed by atoms with Crippen LogP contribution in [0.5, 0.6) is 0 Å². The van der Waals surface area contributed by atoms with E-state index in [1.165, 1.54) is 0 Å². The molecule has 1 nitrogen and oxygen atoms in total. The van der Waals surface area contributed by atoms with Gasteiger partial charge in [-0.05, 0) is 17.7 Å². The number of ketones is 1. The van der Waals surface area contributed by atoms with Gasteiger partial charge in [0, 0.05) is 21.8 Å². The lowest BCUT2D eigenvalue weighted by Gasteiger charge is -2.06. The summed E-state index contributed by atoms with van der Waals surface area (Å²) in [6.45, 7) is 3.80. The summed E-state index contributed by atoms with van der Waals surface area (Å²) in [6, 6.07) is 5.59. The van der Waals surface area contributed by atoms with Crippen LogP contribution in [0.3, 0.4) is 0 Å². The zero-order valence-electron chi connectivity index (χ0n) is 8.18. The topological polar surface area (TPSA) is 17.1 Å². The molecule has 76 valence electrons. The molecule has 0 aliphatic rings. The molecule has 0 atom stereocenters. The van der Waals surface area contributed by atoms with Gasteiger partial charge in [0.15, 0.2) is 0 Å². The van der Waals surface area contributed by atoms with Crippen LogP contribution in [0.1, 0.15) is 19.4 Å². The molecule has 0 saturated heterocycles. The molecule has 1 rings (SSSR count). The maximum Gasteiger partial charge on any atom is 0.139 e. The van der Waals surface area contributed by atoms with Crippen LogP contribution >= 0.6 is 27.5 Å². The third-order valence-corrected chi connectivity index (χ3v) is 2.87. The molecule has 0 fully saturated rings. The lowest BCUT2D eigenvalue weighted by molar-refractivity contribution is -0.121. The van der Waals surface area contributed by atoms with Gasteiger partial charge >= 0.3 is 0 Å². The number of carbonyl (C=O) groups excluding carboxylic acids is 1. The minimum Gasteiger partial charge on any atom is -0.299 e. The smallest absolute Gasteiger partial charge is 0.139 e. The highest BCUT2D eigenvalue weighted by molar-refractivity contribution is 9.10. The van der Waals surface area contributed by atoms with Crippen LogP contribution in [0.15, 0.2) is 22.7 Å². The predicted octanol–water partition coefficient (Wildman–Crippen LogP) is 3.87. The van der Waals surface area contributed by atoms with Gasteiger partial charge in [0.1, 0.15) is 5.78 Å². The van der Waals surface area contributed by atoms with E-state index >= 15 is 0 Å². The Morgan fingerprint density at radius 1 is 1.50 bits per heavy atom. The quantitative estimate of drug-likeness (QED) is 0.818. The Balaban J connectivity index is 2.82. The highest BCUT2D eigenvalue weighted by Gasteiger charge is 2.10. The Bertz CT molecular complexity index is 347. The van der Waals surface area contributed by atoms with Gasteiger partial charge in [-0.3, -0.25) is 4.79 Å². The molecular weight excluding hydrogens is 263 g/mol. The first-order valence-electron chi connectivity index (χ1n) is 4.47. The van der Waals surface area contributed by atoms with Gasteiger partial charge in [-0.25, -0.2) is 0 Å². The van der Waals surface area contributed by atoms with Crippen LogP contribution in [-0.4, -0.2) is 5.78 Å². The van der Waals surface area contributed by atoms with Crippen molar-refractivity contribution in [1.29, 1.82) is 0 Å². The van der Waals surface area contributed by atoms with E-state index in [1.807, 2.05) is 32.0 Å². The van der Waals surface area contributed by atoms with E-state index in [1.54, 1.807) is 0 Å². The van der Waals surface area contributed by atoms with Crippen LogP contribution in [0.25, 0.3) is 0 Å². The van der Waals surface area contributed by atoms with Crippen molar-refractivity contribution in [3.05, 3.63) is 33.3 Å². The molecule has 1 aromatic carbocycles. The molecule has 0 aliphatic heterocycles. The van der Waals surface area contributed by atoms with Gasteiger partial charge in [0.2, 0.25) is 0 Å². The van der Waals surface area contributed by atoms with Crippen molar-refractivity contribution in [3.63, 3.8) is 0 Å². The van der Waals surface area contributed by atoms with E-state index in [2.05, 4.69) is 15.9 Å². The molecule has 3 heteroatoms. The number of Topliss-reactive ketones (excluding diaryl/α,β-unsaturated/α-hetero) is 1. The summed E-state index contributed by atoms with van der Waals surface area (Å²) in [4.78, 5) is 11.5. The molecule has 0 saturated carbocycles. The average Bonchev–Trinajstić information content (AvgIpc) is 2.09. The minimum atomic E-state index is 0.0645. The Morgan fingerprint density at radius 2 is 2.14 bits per heavy atom. The van der Waals surface area contributed by atoms with E-state index in [9.17, 15) is 4.79 Å².